The molecule has 1 aromatic heterocycles. The Bertz CT molecular complexity index is 457. The van der Waals surface area contributed by atoms with Crippen molar-refractivity contribution in [3.63, 3.8) is 0 Å². The van der Waals surface area contributed by atoms with E-state index < -0.39 is 0 Å². The normalized spacial score (nSPS) is 11.6. The number of aromatic amines is 1. The molecule has 1 aromatic rings. The first kappa shape index (κ1) is 5.07. The third kappa shape index (κ3) is 0.526. The Morgan fingerprint density at radius 1 is 1.27 bits per heavy atom. The molecule has 0 radical (unpaired) electrons. The SMILES string of the molecule is c1nnc2c3ccc(cc1-2)[nH]3. The number of H-pyrrole nitrogens is 1. The topological polar surface area (TPSA) is 41.6 Å². The number of fused-ring (bicyclic) bond motifs is 4. The molecule has 3 heterocycles. The lowest BCUT2D eigenvalue weighted by atomic mass is 10.2. The molecule has 0 atom stereocenters. The molecular weight excluding hydrogens is 138 g/mol. The second-order valence-electron chi connectivity index (χ2n) is 2.62. The fourth-order valence-electron chi connectivity index (χ4n) is 1.38. The first-order valence-electron chi connectivity index (χ1n) is 3.46. The van der Waals surface area contributed by atoms with Crippen molar-refractivity contribution >= 4 is 11.0 Å². The zero-order valence-corrected chi connectivity index (χ0v) is 5.70. The molecule has 2 bridgehead atoms. The molecule has 2 aliphatic heterocycles. The van der Waals surface area contributed by atoms with Gasteiger partial charge in [-0.1, -0.05) is 0 Å². The van der Waals surface area contributed by atoms with Crippen LogP contribution in [0.5, 0.6) is 0 Å². The van der Waals surface area contributed by atoms with Crippen LogP contribution in [0, 0.1) is 0 Å². The Hall–Kier alpha value is -1.64. The zero-order valence-electron chi connectivity index (χ0n) is 5.70. The first-order valence-corrected chi connectivity index (χ1v) is 3.46. The minimum atomic E-state index is 0.961. The Morgan fingerprint density at radius 2 is 2.27 bits per heavy atom. The molecule has 0 fully saturated rings. The van der Waals surface area contributed by atoms with E-state index in [9.17, 15) is 0 Å². The summed E-state index contributed by atoms with van der Waals surface area (Å²) in [6, 6.07) is 6.10. The third-order valence-corrected chi connectivity index (χ3v) is 1.90. The van der Waals surface area contributed by atoms with E-state index in [2.05, 4.69) is 15.2 Å². The second kappa shape index (κ2) is 1.50. The summed E-state index contributed by atoms with van der Waals surface area (Å²) in [5.41, 5.74) is 4.26. The minimum absolute atomic E-state index is 0.961. The maximum atomic E-state index is 3.99. The van der Waals surface area contributed by atoms with Crippen molar-refractivity contribution in [1.82, 2.24) is 15.2 Å². The van der Waals surface area contributed by atoms with Crippen LogP contribution in [-0.4, -0.2) is 15.2 Å². The van der Waals surface area contributed by atoms with Gasteiger partial charge in [-0.2, -0.15) is 5.10 Å². The van der Waals surface area contributed by atoms with Gasteiger partial charge in [0.05, 0.1) is 11.7 Å². The quantitative estimate of drug-likeness (QED) is 0.518. The molecule has 52 valence electrons. The maximum absolute atomic E-state index is 3.99. The Kier molecular flexibility index (Phi) is 0.692. The van der Waals surface area contributed by atoms with Crippen molar-refractivity contribution in [2.75, 3.05) is 0 Å². The van der Waals surface area contributed by atoms with E-state index >= 15 is 0 Å². The largest absolute Gasteiger partial charge is 0.354 e. The van der Waals surface area contributed by atoms with Crippen molar-refractivity contribution < 1.29 is 0 Å². The van der Waals surface area contributed by atoms with E-state index in [-0.39, 0.29) is 0 Å². The third-order valence-electron chi connectivity index (χ3n) is 1.90. The van der Waals surface area contributed by atoms with Gasteiger partial charge in [-0.25, -0.2) is 0 Å². The molecular formula is C8H5N3. The summed E-state index contributed by atoms with van der Waals surface area (Å²) in [7, 11) is 0. The molecule has 0 spiro atoms. The van der Waals surface area contributed by atoms with E-state index in [4.69, 9.17) is 0 Å². The van der Waals surface area contributed by atoms with Gasteiger partial charge in [-0.3, -0.25) is 0 Å². The molecule has 11 heavy (non-hydrogen) atoms. The highest BCUT2D eigenvalue weighted by atomic mass is 15.1. The molecule has 3 heteroatoms. The van der Waals surface area contributed by atoms with Gasteiger partial charge >= 0.3 is 0 Å². The van der Waals surface area contributed by atoms with Gasteiger partial charge in [0.25, 0.3) is 0 Å². The molecule has 0 saturated heterocycles. The summed E-state index contributed by atoms with van der Waals surface area (Å²) in [5, 5.41) is 7.82. The van der Waals surface area contributed by atoms with E-state index in [1.165, 1.54) is 0 Å². The maximum Gasteiger partial charge on any atom is 0.118 e. The van der Waals surface area contributed by atoms with Crippen LogP contribution in [0.15, 0.2) is 24.4 Å². The predicted molar refractivity (Wildman–Crippen MR) is 41.7 cm³/mol. The minimum Gasteiger partial charge on any atom is -0.354 e. The lowest BCUT2D eigenvalue weighted by Gasteiger charge is -1.93. The highest BCUT2D eigenvalue weighted by Gasteiger charge is 2.09. The molecule has 0 unspecified atom stereocenters. The first-order chi connectivity index (χ1) is 5.43. The Morgan fingerprint density at radius 3 is 3.27 bits per heavy atom. The van der Waals surface area contributed by atoms with E-state index in [0.717, 1.165) is 22.3 Å². The van der Waals surface area contributed by atoms with E-state index in [1.807, 2.05) is 18.2 Å². The number of hydrogen-bond donors (Lipinski definition) is 1. The summed E-state index contributed by atoms with van der Waals surface area (Å²) in [4.78, 5) is 3.20. The number of aromatic nitrogens is 3. The summed E-state index contributed by atoms with van der Waals surface area (Å²) in [6.45, 7) is 0. The Balaban J connectivity index is 2.67. The number of nitrogens with zero attached hydrogens (tertiary/aromatic N) is 2. The average molecular weight is 143 g/mol. The van der Waals surface area contributed by atoms with Gasteiger partial charge < -0.3 is 4.98 Å². The van der Waals surface area contributed by atoms with E-state index in [0.29, 0.717) is 0 Å². The fourth-order valence-corrected chi connectivity index (χ4v) is 1.38. The smallest absolute Gasteiger partial charge is 0.118 e. The van der Waals surface area contributed by atoms with Gasteiger partial charge in [0.2, 0.25) is 0 Å². The number of hydrogen-bond acceptors (Lipinski definition) is 2. The van der Waals surface area contributed by atoms with Crippen LogP contribution < -0.4 is 0 Å². The molecule has 0 aliphatic carbocycles. The van der Waals surface area contributed by atoms with Gasteiger partial charge in [-0.15, -0.1) is 5.10 Å². The molecule has 2 aliphatic rings. The summed E-state index contributed by atoms with van der Waals surface area (Å²) < 4.78 is 0. The lowest BCUT2D eigenvalue weighted by Crippen LogP contribution is -1.78. The van der Waals surface area contributed by atoms with Crippen LogP contribution in [0.25, 0.3) is 22.3 Å². The summed E-state index contributed by atoms with van der Waals surface area (Å²) in [6.07, 6.45) is 1.78. The molecule has 0 amide bonds. The average Bonchev–Trinajstić information content (AvgIpc) is 2.58. The number of rotatable bonds is 0. The van der Waals surface area contributed by atoms with Crippen LogP contribution >= 0.6 is 0 Å². The highest BCUT2D eigenvalue weighted by Crippen LogP contribution is 2.25. The van der Waals surface area contributed by atoms with Gasteiger partial charge in [0, 0.05) is 11.1 Å². The van der Waals surface area contributed by atoms with Crippen molar-refractivity contribution in [2.45, 2.75) is 0 Å². The van der Waals surface area contributed by atoms with Crippen LogP contribution in [0.3, 0.4) is 0 Å². The highest BCUT2D eigenvalue weighted by molar-refractivity contribution is 5.84. The summed E-state index contributed by atoms with van der Waals surface area (Å²) in [5.74, 6) is 0. The summed E-state index contributed by atoms with van der Waals surface area (Å²) >= 11 is 0. The van der Waals surface area contributed by atoms with Crippen molar-refractivity contribution in [3.05, 3.63) is 24.4 Å². The van der Waals surface area contributed by atoms with Crippen molar-refractivity contribution in [2.24, 2.45) is 0 Å². The predicted octanol–water partition coefficient (Wildman–Crippen LogP) is 1.50. The van der Waals surface area contributed by atoms with Gasteiger partial charge in [0.1, 0.15) is 5.69 Å². The number of pyridine rings is 1. The van der Waals surface area contributed by atoms with Crippen molar-refractivity contribution in [3.8, 4) is 11.3 Å². The van der Waals surface area contributed by atoms with E-state index in [1.54, 1.807) is 6.20 Å². The monoisotopic (exact) mass is 143 g/mol. The van der Waals surface area contributed by atoms with Gasteiger partial charge in [0.15, 0.2) is 0 Å². The fraction of sp³-hybridized carbons (Fsp3) is 0. The van der Waals surface area contributed by atoms with Crippen molar-refractivity contribution in [1.29, 1.82) is 0 Å². The molecule has 0 saturated carbocycles. The Labute approximate surface area is 62.7 Å². The number of nitrogens with one attached hydrogen (secondary N) is 1. The molecule has 0 aromatic carbocycles. The zero-order chi connectivity index (χ0) is 7.26. The second-order valence-corrected chi connectivity index (χ2v) is 2.62. The van der Waals surface area contributed by atoms with Gasteiger partial charge in [-0.05, 0) is 18.2 Å². The van der Waals surface area contributed by atoms with Crippen LogP contribution in [0.2, 0.25) is 0 Å². The lowest BCUT2D eigenvalue weighted by molar-refractivity contribution is 1.10. The standard InChI is InChI=1S/C8H5N3/c1-2-7-8-5(4-9-11-8)3-6(1)10-7/h1-4,10H. The molecule has 3 nitrogen and oxygen atoms in total. The van der Waals surface area contributed by atoms with Crippen LogP contribution in [0.4, 0.5) is 0 Å². The molecule has 1 N–H and O–H groups in total. The van der Waals surface area contributed by atoms with Crippen LogP contribution in [0.1, 0.15) is 0 Å². The van der Waals surface area contributed by atoms with Crippen LogP contribution in [-0.2, 0) is 0 Å². The molecule has 3 rings (SSSR count).